The van der Waals surface area contributed by atoms with Gasteiger partial charge in [0.2, 0.25) is 5.91 Å². The first-order chi connectivity index (χ1) is 16.8. The van der Waals surface area contributed by atoms with Crippen LogP contribution in [0.5, 0.6) is 11.5 Å². The van der Waals surface area contributed by atoms with Gasteiger partial charge >= 0.3 is 5.69 Å². The summed E-state index contributed by atoms with van der Waals surface area (Å²) in [6.07, 6.45) is 1.38. The molecule has 9 nitrogen and oxygen atoms in total. The predicted molar refractivity (Wildman–Crippen MR) is 131 cm³/mol. The first-order valence-electron chi connectivity index (χ1n) is 11.3. The van der Waals surface area contributed by atoms with Gasteiger partial charge in [-0.15, -0.1) is 0 Å². The fraction of sp³-hybridized carbons (Fsp3) is 0.320. The number of para-hydroxylation sites is 1. The Bertz CT molecular complexity index is 1270. The molecule has 3 rings (SSSR count). The molecule has 0 saturated heterocycles. The topological polar surface area (TPSA) is 120 Å². The highest BCUT2D eigenvalue weighted by molar-refractivity contribution is 5.95. The van der Waals surface area contributed by atoms with Crippen molar-refractivity contribution in [3.05, 3.63) is 80.7 Å². The predicted octanol–water partition coefficient (Wildman–Crippen LogP) is 3.07. The number of nitrogens with one attached hydrogen (secondary N) is 1. The molecule has 0 spiro atoms. The Morgan fingerprint density at radius 3 is 2.54 bits per heavy atom. The summed E-state index contributed by atoms with van der Waals surface area (Å²) in [5.74, 6) is -0.00163. The number of hydrogen-bond donors (Lipinski definition) is 2. The maximum absolute atomic E-state index is 13.4. The lowest BCUT2D eigenvalue weighted by molar-refractivity contribution is -0.119. The van der Waals surface area contributed by atoms with Gasteiger partial charge in [0.15, 0.2) is 5.69 Å². The Morgan fingerprint density at radius 1 is 1.14 bits per heavy atom. The van der Waals surface area contributed by atoms with E-state index in [1.54, 1.807) is 24.3 Å². The van der Waals surface area contributed by atoms with E-state index in [2.05, 4.69) is 4.98 Å². The number of nitrogens with zero attached hydrogens (tertiary/aromatic N) is 2. The zero-order valence-electron chi connectivity index (χ0n) is 19.8. The number of hydrogen-bond acceptors (Lipinski definition) is 6. The molecule has 1 amide bonds. The van der Waals surface area contributed by atoms with E-state index in [1.165, 1.54) is 40.8 Å². The number of anilines is 2. The van der Waals surface area contributed by atoms with Crippen LogP contribution < -0.4 is 31.4 Å². The zero-order valence-corrected chi connectivity index (χ0v) is 19.8. The van der Waals surface area contributed by atoms with Crippen LogP contribution in [-0.4, -0.2) is 29.2 Å². The molecule has 3 aromatic rings. The Balaban J connectivity index is 1.95. The molecule has 2 aromatic carbocycles. The third-order valence-electron chi connectivity index (χ3n) is 5.44. The number of rotatable bonds is 11. The number of carbonyl (C=O) groups excluding carboxylic acids is 1. The second kappa shape index (κ2) is 11.9. The molecule has 0 bridgehead atoms. The minimum atomic E-state index is -0.761. The van der Waals surface area contributed by atoms with E-state index in [-0.39, 0.29) is 31.1 Å². The lowest BCUT2D eigenvalue weighted by Gasteiger charge is -2.25. The van der Waals surface area contributed by atoms with Crippen LogP contribution in [-0.2, 0) is 17.9 Å². The van der Waals surface area contributed by atoms with Crippen molar-refractivity contribution in [2.45, 2.75) is 39.3 Å². The molecular formula is C25H29FN4O5. The molecule has 0 atom stereocenters. The van der Waals surface area contributed by atoms with Crippen LogP contribution in [0.25, 0.3) is 0 Å². The van der Waals surface area contributed by atoms with E-state index in [0.29, 0.717) is 30.0 Å². The van der Waals surface area contributed by atoms with Crippen LogP contribution in [0.3, 0.4) is 0 Å². The highest BCUT2D eigenvalue weighted by atomic mass is 19.1. The van der Waals surface area contributed by atoms with E-state index in [1.807, 2.05) is 6.92 Å². The summed E-state index contributed by atoms with van der Waals surface area (Å²) >= 11 is 0. The van der Waals surface area contributed by atoms with E-state index in [9.17, 15) is 18.8 Å². The smallest absolute Gasteiger partial charge is 0.330 e. The number of nitrogen functional groups attached to an aromatic ring is 1. The lowest BCUT2D eigenvalue weighted by atomic mass is 10.1. The van der Waals surface area contributed by atoms with Crippen LogP contribution in [0, 0.1) is 5.82 Å². The maximum atomic E-state index is 13.4. The molecular weight excluding hydrogens is 455 g/mol. The van der Waals surface area contributed by atoms with Crippen molar-refractivity contribution in [3.63, 3.8) is 0 Å². The molecule has 0 unspecified atom stereocenters. The number of benzene rings is 2. The summed E-state index contributed by atoms with van der Waals surface area (Å²) in [4.78, 5) is 42.1. The number of aromatic amines is 1. The van der Waals surface area contributed by atoms with Crippen molar-refractivity contribution < 1.29 is 18.7 Å². The SMILES string of the molecule is CCCCn1c(N)c(N(Cc2ccccc2OC)C(=O)CCOc2ccc(F)cc2)c(=O)[nH]c1=O. The van der Waals surface area contributed by atoms with Crippen molar-refractivity contribution in [2.24, 2.45) is 0 Å². The Kier molecular flexibility index (Phi) is 8.66. The van der Waals surface area contributed by atoms with Crippen molar-refractivity contribution >= 4 is 17.4 Å². The number of carbonyl (C=O) groups is 1. The van der Waals surface area contributed by atoms with Crippen molar-refractivity contribution in [2.75, 3.05) is 24.4 Å². The van der Waals surface area contributed by atoms with Gasteiger partial charge in [-0.05, 0) is 36.8 Å². The molecule has 0 aliphatic carbocycles. The summed E-state index contributed by atoms with van der Waals surface area (Å²) in [6.45, 7) is 2.24. The second-order valence-corrected chi connectivity index (χ2v) is 7.84. The molecule has 0 aliphatic heterocycles. The van der Waals surface area contributed by atoms with Crippen LogP contribution >= 0.6 is 0 Å². The molecule has 10 heteroatoms. The molecule has 1 heterocycles. The third kappa shape index (κ3) is 6.28. The Labute approximate surface area is 201 Å². The summed E-state index contributed by atoms with van der Waals surface area (Å²) < 4.78 is 25.3. The number of aromatic nitrogens is 2. The largest absolute Gasteiger partial charge is 0.496 e. The van der Waals surface area contributed by atoms with Gasteiger partial charge in [-0.3, -0.25) is 24.0 Å². The van der Waals surface area contributed by atoms with Crippen molar-refractivity contribution in [1.29, 1.82) is 0 Å². The minimum absolute atomic E-state index is 0.0137. The van der Waals surface area contributed by atoms with Crippen LogP contribution in [0.15, 0.2) is 58.1 Å². The van der Waals surface area contributed by atoms with E-state index < -0.39 is 23.0 Å². The van der Waals surface area contributed by atoms with E-state index in [4.69, 9.17) is 15.2 Å². The summed E-state index contributed by atoms with van der Waals surface area (Å²) in [6, 6.07) is 12.5. The van der Waals surface area contributed by atoms with Gasteiger partial charge in [-0.25, -0.2) is 9.18 Å². The van der Waals surface area contributed by atoms with E-state index in [0.717, 1.165) is 6.42 Å². The van der Waals surface area contributed by atoms with Gasteiger partial charge in [0, 0.05) is 12.1 Å². The van der Waals surface area contributed by atoms with Crippen LogP contribution in [0.4, 0.5) is 15.9 Å². The average molecular weight is 485 g/mol. The molecule has 1 aromatic heterocycles. The molecule has 0 aliphatic rings. The third-order valence-corrected chi connectivity index (χ3v) is 5.44. The van der Waals surface area contributed by atoms with Crippen molar-refractivity contribution in [3.8, 4) is 11.5 Å². The standard InChI is InChI=1S/C25H29FN4O5/c1-3-4-14-29-23(27)22(24(32)28-25(29)33)30(16-17-7-5-6-8-20(17)34-2)21(31)13-15-35-19-11-9-18(26)10-12-19/h5-12H,3-4,13-16,27H2,1-2H3,(H,28,32,33). The number of amides is 1. The first-order valence-corrected chi connectivity index (χ1v) is 11.3. The van der Waals surface area contributed by atoms with Crippen LogP contribution in [0.1, 0.15) is 31.7 Å². The summed E-state index contributed by atoms with van der Waals surface area (Å²) in [5, 5.41) is 0. The normalized spacial score (nSPS) is 10.7. The minimum Gasteiger partial charge on any atom is -0.496 e. The summed E-state index contributed by atoms with van der Waals surface area (Å²) in [5.41, 5.74) is 5.42. The van der Waals surface area contributed by atoms with Gasteiger partial charge in [0.1, 0.15) is 23.1 Å². The number of nitrogens with two attached hydrogens (primary N) is 1. The molecule has 0 fully saturated rings. The Hall–Kier alpha value is -4.08. The Morgan fingerprint density at radius 2 is 1.86 bits per heavy atom. The molecule has 0 saturated carbocycles. The van der Waals surface area contributed by atoms with Gasteiger partial charge < -0.3 is 15.2 Å². The fourth-order valence-corrected chi connectivity index (χ4v) is 3.59. The maximum Gasteiger partial charge on any atom is 0.330 e. The molecule has 186 valence electrons. The average Bonchev–Trinajstić information content (AvgIpc) is 2.84. The van der Waals surface area contributed by atoms with E-state index >= 15 is 0 Å². The zero-order chi connectivity index (χ0) is 25.4. The number of ether oxygens (including phenoxy) is 2. The quantitative estimate of drug-likeness (QED) is 0.432. The number of halogens is 1. The molecule has 35 heavy (non-hydrogen) atoms. The number of methoxy groups -OCH3 is 1. The second-order valence-electron chi connectivity index (χ2n) is 7.84. The van der Waals surface area contributed by atoms with Gasteiger partial charge in [-0.2, -0.15) is 0 Å². The fourth-order valence-electron chi connectivity index (χ4n) is 3.59. The molecule has 0 radical (unpaired) electrons. The number of unbranched alkanes of at least 4 members (excludes halogenated alkanes) is 1. The lowest BCUT2D eigenvalue weighted by Crippen LogP contribution is -2.41. The van der Waals surface area contributed by atoms with Gasteiger partial charge in [-0.1, -0.05) is 31.5 Å². The van der Waals surface area contributed by atoms with Gasteiger partial charge in [0.25, 0.3) is 5.56 Å². The van der Waals surface area contributed by atoms with Crippen LogP contribution in [0.2, 0.25) is 0 Å². The van der Waals surface area contributed by atoms with Gasteiger partial charge in [0.05, 0.1) is 26.7 Å². The highest BCUT2D eigenvalue weighted by Gasteiger charge is 2.25. The molecule has 3 N–H and O–H groups in total. The number of H-pyrrole nitrogens is 1. The first kappa shape index (κ1) is 25.5. The highest BCUT2D eigenvalue weighted by Crippen LogP contribution is 2.25. The van der Waals surface area contributed by atoms with Crippen molar-refractivity contribution in [1.82, 2.24) is 9.55 Å². The summed E-state index contributed by atoms with van der Waals surface area (Å²) in [7, 11) is 1.51. The monoisotopic (exact) mass is 484 g/mol.